The molecular weight excluding hydrogens is 300 g/mol. The Bertz CT molecular complexity index is 676. The van der Waals surface area contributed by atoms with Crippen LogP contribution in [0.25, 0.3) is 0 Å². The Morgan fingerprint density at radius 2 is 1.91 bits per heavy atom. The van der Waals surface area contributed by atoms with Crippen LogP contribution in [0, 0.1) is 0 Å². The van der Waals surface area contributed by atoms with Crippen molar-refractivity contribution in [2.75, 3.05) is 11.9 Å². The number of benzene rings is 1. The fourth-order valence-electron chi connectivity index (χ4n) is 1.70. The normalized spacial score (nSPS) is 11.1. The lowest BCUT2D eigenvalue weighted by Crippen LogP contribution is -2.17. The first-order valence-electron chi connectivity index (χ1n) is 6.67. The lowest BCUT2D eigenvalue weighted by Gasteiger charge is -2.05. The molecule has 0 fully saturated rings. The van der Waals surface area contributed by atoms with Crippen LogP contribution in [-0.2, 0) is 9.63 Å². The van der Waals surface area contributed by atoms with E-state index in [9.17, 15) is 9.59 Å². The Balaban J connectivity index is 1.83. The van der Waals surface area contributed by atoms with Gasteiger partial charge in [0.25, 0.3) is 5.91 Å². The second-order valence-electron chi connectivity index (χ2n) is 4.61. The van der Waals surface area contributed by atoms with Crippen LogP contribution >= 0.6 is 11.3 Å². The fourth-order valence-corrected chi connectivity index (χ4v) is 2.37. The molecule has 114 valence electrons. The molecule has 0 radical (unpaired) electrons. The van der Waals surface area contributed by atoms with Crippen LogP contribution in [-0.4, -0.2) is 24.0 Å². The Kier molecular flexibility index (Phi) is 5.43. The average molecular weight is 316 g/mol. The SMILES string of the molecule is CC(=O)c1ccc(NC(=O)CO/N=C(/C)c2cccs2)cc1. The summed E-state index contributed by atoms with van der Waals surface area (Å²) in [6.45, 7) is 3.15. The van der Waals surface area contributed by atoms with E-state index in [-0.39, 0.29) is 18.3 Å². The van der Waals surface area contributed by atoms with E-state index in [1.54, 1.807) is 35.6 Å². The molecule has 6 heteroatoms. The number of oxime groups is 1. The van der Waals surface area contributed by atoms with E-state index in [2.05, 4.69) is 10.5 Å². The molecule has 0 spiro atoms. The fraction of sp³-hybridized carbons (Fsp3) is 0.188. The summed E-state index contributed by atoms with van der Waals surface area (Å²) >= 11 is 1.56. The first-order chi connectivity index (χ1) is 10.6. The Labute approximate surface area is 132 Å². The number of amides is 1. The standard InChI is InChI=1S/C16H16N2O3S/c1-11(15-4-3-9-22-15)18-21-10-16(20)17-14-7-5-13(6-8-14)12(2)19/h3-9H,10H2,1-2H3,(H,17,20)/b18-11-. The van der Waals surface area contributed by atoms with Crippen LogP contribution in [0.2, 0.25) is 0 Å². The predicted molar refractivity (Wildman–Crippen MR) is 87.6 cm³/mol. The number of anilines is 1. The lowest BCUT2D eigenvalue weighted by atomic mass is 10.1. The van der Waals surface area contributed by atoms with Gasteiger partial charge in [-0.3, -0.25) is 9.59 Å². The lowest BCUT2D eigenvalue weighted by molar-refractivity contribution is -0.120. The van der Waals surface area contributed by atoms with E-state index in [0.29, 0.717) is 11.3 Å². The highest BCUT2D eigenvalue weighted by Gasteiger charge is 2.05. The molecule has 0 saturated heterocycles. The molecule has 0 unspecified atom stereocenters. The van der Waals surface area contributed by atoms with Gasteiger partial charge < -0.3 is 10.2 Å². The summed E-state index contributed by atoms with van der Waals surface area (Å²) in [5.74, 6) is -0.321. The maximum atomic E-state index is 11.7. The molecule has 5 nitrogen and oxygen atoms in total. The van der Waals surface area contributed by atoms with Crippen molar-refractivity contribution < 1.29 is 14.4 Å². The van der Waals surface area contributed by atoms with E-state index >= 15 is 0 Å². The third kappa shape index (κ3) is 4.53. The second-order valence-corrected chi connectivity index (χ2v) is 5.56. The van der Waals surface area contributed by atoms with Gasteiger partial charge in [-0.25, -0.2) is 0 Å². The highest BCUT2D eigenvalue weighted by atomic mass is 32.1. The topological polar surface area (TPSA) is 67.8 Å². The number of nitrogens with one attached hydrogen (secondary N) is 1. The summed E-state index contributed by atoms with van der Waals surface area (Å²) in [6.07, 6.45) is 0. The summed E-state index contributed by atoms with van der Waals surface area (Å²) < 4.78 is 0. The molecule has 1 heterocycles. The van der Waals surface area contributed by atoms with Gasteiger partial charge in [-0.2, -0.15) is 0 Å². The third-order valence-electron chi connectivity index (χ3n) is 2.85. The summed E-state index contributed by atoms with van der Waals surface area (Å²) in [6, 6.07) is 10.5. The first-order valence-corrected chi connectivity index (χ1v) is 7.55. The molecule has 2 rings (SSSR count). The number of Topliss-reactive ketones (excluding diaryl/α,β-unsaturated/α-hetero) is 1. The van der Waals surface area contributed by atoms with E-state index in [1.807, 2.05) is 24.4 Å². The maximum Gasteiger partial charge on any atom is 0.265 e. The number of ketones is 1. The number of thiophene rings is 1. The highest BCUT2D eigenvalue weighted by molar-refractivity contribution is 7.12. The molecule has 1 N–H and O–H groups in total. The van der Waals surface area contributed by atoms with Gasteiger partial charge in [0.15, 0.2) is 12.4 Å². The van der Waals surface area contributed by atoms with Crippen molar-refractivity contribution in [1.29, 1.82) is 0 Å². The van der Waals surface area contributed by atoms with Crippen molar-refractivity contribution in [2.24, 2.45) is 5.16 Å². The largest absolute Gasteiger partial charge is 0.385 e. The number of hydrogen-bond acceptors (Lipinski definition) is 5. The monoisotopic (exact) mass is 316 g/mol. The smallest absolute Gasteiger partial charge is 0.265 e. The zero-order valence-corrected chi connectivity index (χ0v) is 13.1. The van der Waals surface area contributed by atoms with Crippen molar-refractivity contribution in [3.8, 4) is 0 Å². The summed E-state index contributed by atoms with van der Waals surface area (Å²) in [7, 11) is 0. The molecule has 1 aromatic carbocycles. The molecule has 0 atom stereocenters. The van der Waals surface area contributed by atoms with Crippen LogP contribution in [0.5, 0.6) is 0 Å². The summed E-state index contributed by atoms with van der Waals surface area (Å²) in [4.78, 5) is 28.9. The molecule has 0 aliphatic heterocycles. The molecule has 1 amide bonds. The predicted octanol–water partition coefficient (Wildman–Crippen LogP) is 3.33. The minimum atomic E-state index is -0.307. The van der Waals surface area contributed by atoms with Crippen molar-refractivity contribution >= 4 is 34.4 Å². The number of carbonyl (C=O) groups excluding carboxylic acids is 2. The number of hydrogen-bond donors (Lipinski definition) is 1. The minimum Gasteiger partial charge on any atom is -0.385 e. The molecule has 0 saturated carbocycles. The van der Waals surface area contributed by atoms with Gasteiger partial charge in [-0.15, -0.1) is 11.3 Å². The highest BCUT2D eigenvalue weighted by Crippen LogP contribution is 2.11. The molecule has 1 aromatic heterocycles. The minimum absolute atomic E-state index is 0.0143. The van der Waals surface area contributed by atoms with E-state index in [0.717, 1.165) is 10.6 Å². The molecule has 0 aliphatic rings. The Hall–Kier alpha value is -2.47. The van der Waals surface area contributed by atoms with Crippen molar-refractivity contribution in [2.45, 2.75) is 13.8 Å². The average Bonchev–Trinajstić information content (AvgIpc) is 3.02. The number of rotatable bonds is 6. The van der Waals surface area contributed by atoms with Gasteiger partial charge in [0, 0.05) is 11.3 Å². The van der Waals surface area contributed by atoms with Gasteiger partial charge >= 0.3 is 0 Å². The second kappa shape index (κ2) is 7.51. The summed E-state index contributed by atoms with van der Waals surface area (Å²) in [5.41, 5.74) is 1.94. The first kappa shape index (κ1) is 15.9. The van der Waals surface area contributed by atoms with Crippen molar-refractivity contribution in [3.05, 3.63) is 52.2 Å². The molecule has 22 heavy (non-hydrogen) atoms. The number of nitrogens with zero attached hydrogens (tertiary/aromatic N) is 1. The zero-order valence-electron chi connectivity index (χ0n) is 12.3. The third-order valence-corrected chi connectivity index (χ3v) is 3.83. The Morgan fingerprint density at radius 1 is 1.18 bits per heavy atom. The number of carbonyl (C=O) groups is 2. The van der Waals surface area contributed by atoms with E-state index < -0.39 is 0 Å². The molecular formula is C16H16N2O3S. The van der Waals surface area contributed by atoms with Gasteiger partial charge in [0.1, 0.15) is 0 Å². The van der Waals surface area contributed by atoms with Crippen LogP contribution in [0.15, 0.2) is 46.9 Å². The van der Waals surface area contributed by atoms with Crippen LogP contribution in [0.1, 0.15) is 29.1 Å². The molecule has 0 bridgehead atoms. The van der Waals surface area contributed by atoms with Crippen LogP contribution < -0.4 is 5.32 Å². The van der Waals surface area contributed by atoms with Gasteiger partial charge in [0.05, 0.1) is 10.6 Å². The van der Waals surface area contributed by atoms with Gasteiger partial charge in [-0.05, 0) is 49.6 Å². The quantitative estimate of drug-likeness (QED) is 0.505. The van der Waals surface area contributed by atoms with Crippen molar-refractivity contribution in [1.82, 2.24) is 0 Å². The van der Waals surface area contributed by atoms with Gasteiger partial charge in [-0.1, -0.05) is 11.2 Å². The van der Waals surface area contributed by atoms with Gasteiger partial charge in [0.2, 0.25) is 0 Å². The molecule has 2 aromatic rings. The zero-order chi connectivity index (χ0) is 15.9. The Morgan fingerprint density at radius 3 is 2.50 bits per heavy atom. The van der Waals surface area contributed by atoms with Crippen LogP contribution in [0.3, 0.4) is 0 Å². The van der Waals surface area contributed by atoms with E-state index in [4.69, 9.17) is 4.84 Å². The van der Waals surface area contributed by atoms with E-state index in [1.165, 1.54) is 6.92 Å². The molecule has 0 aliphatic carbocycles. The van der Waals surface area contributed by atoms with Crippen molar-refractivity contribution in [3.63, 3.8) is 0 Å². The summed E-state index contributed by atoms with van der Waals surface area (Å²) in [5, 5.41) is 8.53. The maximum absolute atomic E-state index is 11.7. The van der Waals surface area contributed by atoms with Crippen LogP contribution in [0.4, 0.5) is 5.69 Å².